The zero-order chi connectivity index (χ0) is 15.9. The zero-order valence-electron chi connectivity index (χ0n) is 13.2. The Labute approximate surface area is 130 Å². The lowest BCUT2D eigenvalue weighted by Gasteiger charge is -2.26. The highest BCUT2D eigenvalue weighted by Crippen LogP contribution is 2.38. The molecule has 2 N–H and O–H groups in total. The molecule has 1 aromatic carbocycles. The molecule has 0 spiro atoms. The van der Waals surface area contributed by atoms with E-state index in [0.29, 0.717) is 6.42 Å². The normalized spacial score (nSPS) is 17.2. The second kappa shape index (κ2) is 5.48. The molecule has 0 saturated carbocycles. The molecule has 22 heavy (non-hydrogen) atoms. The van der Waals surface area contributed by atoms with Gasteiger partial charge in [-0.15, -0.1) is 0 Å². The van der Waals surface area contributed by atoms with Gasteiger partial charge in [0.15, 0.2) is 0 Å². The average molecular weight is 299 g/mol. The molecule has 2 aromatic rings. The summed E-state index contributed by atoms with van der Waals surface area (Å²) in [7, 11) is 0. The highest BCUT2D eigenvalue weighted by molar-refractivity contribution is 5.95. The van der Waals surface area contributed by atoms with Crippen LogP contribution >= 0.6 is 0 Å². The summed E-state index contributed by atoms with van der Waals surface area (Å²) in [4.78, 5) is 11.9. The van der Waals surface area contributed by atoms with Crippen LogP contribution < -0.4 is 5.32 Å². The number of hydrogen-bond acceptors (Lipinski definition) is 3. The Morgan fingerprint density at radius 3 is 2.77 bits per heavy atom. The first kappa shape index (κ1) is 14.6. The summed E-state index contributed by atoms with van der Waals surface area (Å²) in [5, 5.41) is 17.2. The van der Waals surface area contributed by atoms with Crippen LogP contribution in [0.15, 0.2) is 18.2 Å². The Morgan fingerprint density at radius 1 is 1.32 bits per heavy atom. The number of nitrogens with one attached hydrogen (secondary N) is 1. The standard InChI is InChI=1S/C17H21N3O2/c1-10-6-14-13(4-5-20-12(3)7-11(2)19-20)8-17(22)18-15(14)9-16(10)21/h6-7,9,13,21H,4-5,8H2,1-3H3,(H,18,22)/t13-/m1/s1. The maximum atomic E-state index is 11.9. The number of amides is 1. The Balaban J connectivity index is 1.84. The van der Waals surface area contributed by atoms with Gasteiger partial charge in [-0.1, -0.05) is 6.07 Å². The van der Waals surface area contributed by atoms with Gasteiger partial charge in [-0.05, 0) is 50.3 Å². The lowest BCUT2D eigenvalue weighted by molar-refractivity contribution is -0.116. The van der Waals surface area contributed by atoms with Crippen LogP contribution in [0.1, 0.15) is 41.3 Å². The van der Waals surface area contributed by atoms with Gasteiger partial charge >= 0.3 is 0 Å². The maximum Gasteiger partial charge on any atom is 0.224 e. The number of carbonyl (C=O) groups is 1. The number of fused-ring (bicyclic) bond motifs is 1. The largest absolute Gasteiger partial charge is 0.508 e. The summed E-state index contributed by atoms with van der Waals surface area (Å²) in [6, 6.07) is 5.69. The molecule has 2 heterocycles. The third kappa shape index (κ3) is 2.71. The summed E-state index contributed by atoms with van der Waals surface area (Å²) >= 11 is 0. The second-order valence-corrected chi connectivity index (χ2v) is 6.11. The number of aryl methyl sites for hydroxylation is 4. The number of phenolic OH excluding ortho intramolecular Hbond substituents is 1. The Bertz CT molecular complexity index is 734. The smallest absolute Gasteiger partial charge is 0.224 e. The van der Waals surface area contributed by atoms with Crippen molar-refractivity contribution in [2.24, 2.45) is 0 Å². The third-order valence-electron chi connectivity index (χ3n) is 4.31. The summed E-state index contributed by atoms with van der Waals surface area (Å²) < 4.78 is 1.99. The van der Waals surface area contributed by atoms with E-state index < -0.39 is 0 Å². The van der Waals surface area contributed by atoms with E-state index in [2.05, 4.69) is 16.5 Å². The van der Waals surface area contributed by atoms with Crippen molar-refractivity contribution in [3.63, 3.8) is 0 Å². The van der Waals surface area contributed by atoms with Crippen LogP contribution in [0.5, 0.6) is 5.75 Å². The van der Waals surface area contributed by atoms with Crippen molar-refractivity contribution in [1.29, 1.82) is 0 Å². The minimum absolute atomic E-state index is 0.00845. The zero-order valence-corrected chi connectivity index (χ0v) is 13.2. The fraction of sp³-hybridized carbons (Fsp3) is 0.412. The summed E-state index contributed by atoms with van der Waals surface area (Å²) in [5.41, 5.74) is 4.83. The van der Waals surface area contributed by atoms with Gasteiger partial charge in [0.25, 0.3) is 0 Å². The van der Waals surface area contributed by atoms with Crippen LogP contribution in [0, 0.1) is 20.8 Å². The number of anilines is 1. The predicted molar refractivity (Wildman–Crippen MR) is 85.1 cm³/mol. The highest BCUT2D eigenvalue weighted by atomic mass is 16.3. The summed E-state index contributed by atoms with van der Waals surface area (Å²) in [6.45, 7) is 6.70. The number of hydrogen-bond donors (Lipinski definition) is 2. The number of aromatic hydroxyl groups is 1. The Kier molecular flexibility index (Phi) is 3.64. The minimum Gasteiger partial charge on any atom is -0.508 e. The van der Waals surface area contributed by atoms with Gasteiger partial charge < -0.3 is 10.4 Å². The van der Waals surface area contributed by atoms with E-state index in [1.807, 2.05) is 31.5 Å². The molecule has 0 radical (unpaired) electrons. The first-order valence-corrected chi connectivity index (χ1v) is 7.58. The molecule has 1 aliphatic heterocycles. The third-order valence-corrected chi connectivity index (χ3v) is 4.31. The molecule has 1 atom stereocenters. The molecule has 116 valence electrons. The molecule has 3 rings (SSSR count). The van der Waals surface area contributed by atoms with Crippen molar-refractivity contribution in [3.05, 3.63) is 40.7 Å². The first-order valence-electron chi connectivity index (χ1n) is 7.58. The van der Waals surface area contributed by atoms with Gasteiger partial charge in [-0.25, -0.2) is 0 Å². The van der Waals surface area contributed by atoms with E-state index in [1.165, 1.54) is 0 Å². The van der Waals surface area contributed by atoms with Gasteiger partial charge in [-0.2, -0.15) is 5.10 Å². The molecule has 0 saturated heterocycles. The van der Waals surface area contributed by atoms with Gasteiger partial charge in [0, 0.05) is 30.4 Å². The maximum absolute atomic E-state index is 11.9. The molecular formula is C17H21N3O2. The van der Waals surface area contributed by atoms with E-state index in [-0.39, 0.29) is 17.6 Å². The van der Waals surface area contributed by atoms with Gasteiger partial charge in [-0.3, -0.25) is 9.48 Å². The lowest BCUT2D eigenvalue weighted by Crippen LogP contribution is -2.24. The lowest BCUT2D eigenvalue weighted by atomic mass is 9.87. The van der Waals surface area contributed by atoms with Gasteiger partial charge in [0.2, 0.25) is 5.91 Å². The minimum atomic E-state index is 0.00845. The van der Waals surface area contributed by atoms with Gasteiger partial charge in [0.1, 0.15) is 5.75 Å². The quantitative estimate of drug-likeness (QED) is 0.915. The fourth-order valence-corrected chi connectivity index (χ4v) is 3.14. The number of nitrogens with zero attached hydrogens (tertiary/aromatic N) is 2. The molecule has 1 aromatic heterocycles. The molecule has 0 bridgehead atoms. The van der Waals surface area contributed by atoms with Crippen molar-refractivity contribution in [2.45, 2.75) is 46.1 Å². The highest BCUT2D eigenvalue weighted by Gasteiger charge is 2.26. The van der Waals surface area contributed by atoms with Gasteiger partial charge in [0.05, 0.1) is 5.69 Å². The molecular weight excluding hydrogens is 278 g/mol. The van der Waals surface area contributed by atoms with Crippen molar-refractivity contribution < 1.29 is 9.90 Å². The van der Waals surface area contributed by atoms with E-state index in [4.69, 9.17) is 0 Å². The Hall–Kier alpha value is -2.30. The van der Waals surface area contributed by atoms with Crippen molar-refractivity contribution in [1.82, 2.24) is 9.78 Å². The van der Waals surface area contributed by atoms with E-state index in [9.17, 15) is 9.90 Å². The molecule has 0 unspecified atom stereocenters. The molecule has 1 aliphatic rings. The molecule has 0 aliphatic carbocycles. The monoisotopic (exact) mass is 299 g/mol. The van der Waals surface area contributed by atoms with Crippen LogP contribution in [0.4, 0.5) is 5.69 Å². The van der Waals surface area contributed by atoms with Crippen molar-refractivity contribution in [3.8, 4) is 5.75 Å². The topological polar surface area (TPSA) is 67.2 Å². The summed E-state index contributed by atoms with van der Waals surface area (Å²) in [5.74, 6) is 0.388. The second-order valence-electron chi connectivity index (χ2n) is 6.11. The van der Waals surface area contributed by atoms with E-state index in [0.717, 1.165) is 41.2 Å². The van der Waals surface area contributed by atoms with E-state index in [1.54, 1.807) is 6.07 Å². The number of aromatic nitrogens is 2. The molecule has 5 nitrogen and oxygen atoms in total. The van der Waals surface area contributed by atoms with Crippen LogP contribution in [0.3, 0.4) is 0 Å². The Morgan fingerprint density at radius 2 is 2.09 bits per heavy atom. The fourth-order valence-electron chi connectivity index (χ4n) is 3.14. The van der Waals surface area contributed by atoms with E-state index >= 15 is 0 Å². The summed E-state index contributed by atoms with van der Waals surface area (Å²) in [6.07, 6.45) is 1.34. The molecule has 1 amide bonds. The van der Waals surface area contributed by atoms with Crippen molar-refractivity contribution in [2.75, 3.05) is 5.32 Å². The number of carbonyl (C=O) groups excluding carboxylic acids is 1. The SMILES string of the molecule is Cc1cc(C)n(CC[C@@H]2CC(=O)Nc3cc(O)c(C)cc32)n1. The van der Waals surface area contributed by atoms with Crippen LogP contribution in [-0.4, -0.2) is 20.8 Å². The first-order chi connectivity index (χ1) is 10.4. The van der Waals surface area contributed by atoms with Crippen LogP contribution in [-0.2, 0) is 11.3 Å². The van der Waals surface area contributed by atoms with Crippen molar-refractivity contribution >= 4 is 11.6 Å². The number of phenols is 1. The number of benzene rings is 1. The molecule has 5 heteroatoms. The predicted octanol–water partition coefficient (Wildman–Crippen LogP) is 3.03. The number of rotatable bonds is 3. The molecule has 0 fully saturated rings. The van der Waals surface area contributed by atoms with Crippen LogP contribution in [0.25, 0.3) is 0 Å². The average Bonchev–Trinajstić information content (AvgIpc) is 2.76. The van der Waals surface area contributed by atoms with Crippen LogP contribution in [0.2, 0.25) is 0 Å².